The highest BCUT2D eigenvalue weighted by molar-refractivity contribution is 6.31. The predicted octanol–water partition coefficient (Wildman–Crippen LogP) is 6.18. The Morgan fingerprint density at radius 3 is 2.48 bits per heavy atom. The maximum atomic E-state index is 13.6. The molecule has 1 saturated heterocycles. The Morgan fingerprint density at radius 2 is 1.82 bits per heavy atom. The molecule has 0 bridgehead atoms. The molecule has 176 valence electrons. The number of likely N-dealkylation sites (N-methyl/N-ethyl adjacent to an activating group) is 1. The Balaban J connectivity index is 1.73. The van der Waals surface area contributed by atoms with E-state index in [0.29, 0.717) is 23.7 Å². The summed E-state index contributed by atoms with van der Waals surface area (Å²) in [6.07, 6.45) is -2.80. The molecule has 1 aliphatic heterocycles. The third kappa shape index (κ3) is 5.15. The van der Waals surface area contributed by atoms with Gasteiger partial charge in [-0.15, -0.1) is 0 Å². The van der Waals surface area contributed by atoms with Crippen molar-refractivity contribution >= 4 is 40.0 Å². The van der Waals surface area contributed by atoms with Crippen LogP contribution in [0.25, 0.3) is 10.9 Å². The molecule has 4 nitrogen and oxygen atoms in total. The lowest BCUT2D eigenvalue weighted by atomic mass is 9.87. The van der Waals surface area contributed by atoms with Gasteiger partial charge in [-0.05, 0) is 48.0 Å². The molecule has 4 rings (SSSR count). The Labute approximate surface area is 200 Å². The number of carbonyl (C=O) groups excluding carboxylic acids is 1. The average molecular weight is 498 g/mol. The number of rotatable bonds is 5. The fourth-order valence-corrected chi connectivity index (χ4v) is 4.80. The van der Waals surface area contributed by atoms with Crippen molar-refractivity contribution in [1.82, 2.24) is 14.8 Å². The van der Waals surface area contributed by atoms with Gasteiger partial charge in [0, 0.05) is 60.6 Å². The Morgan fingerprint density at radius 1 is 1.09 bits per heavy atom. The van der Waals surface area contributed by atoms with E-state index in [1.807, 2.05) is 6.07 Å². The molecule has 0 saturated carbocycles. The standard InChI is InChI=1S/C24H24Cl2F3N3O/c1-2-31-7-9-32(10-8-31)23(33)13-17(15-3-5-21(26)20(11-15)24(27,28)29)19-14-30-22-6-4-16(25)12-18(19)22/h3-6,11-12,14,17,30H,2,7-10,13H2,1H3/t17-/m0/s1. The van der Waals surface area contributed by atoms with E-state index in [2.05, 4.69) is 16.8 Å². The topological polar surface area (TPSA) is 39.3 Å². The maximum Gasteiger partial charge on any atom is 0.417 e. The van der Waals surface area contributed by atoms with Gasteiger partial charge in [-0.1, -0.05) is 36.2 Å². The molecule has 1 atom stereocenters. The van der Waals surface area contributed by atoms with Crippen molar-refractivity contribution in [2.24, 2.45) is 0 Å². The van der Waals surface area contributed by atoms with Crippen molar-refractivity contribution in [1.29, 1.82) is 0 Å². The molecule has 9 heteroatoms. The summed E-state index contributed by atoms with van der Waals surface area (Å²) in [5.74, 6) is -0.678. The van der Waals surface area contributed by atoms with Crippen molar-refractivity contribution in [2.45, 2.75) is 25.4 Å². The fourth-order valence-electron chi connectivity index (χ4n) is 4.40. The van der Waals surface area contributed by atoms with Gasteiger partial charge < -0.3 is 14.8 Å². The first-order valence-electron chi connectivity index (χ1n) is 10.8. The van der Waals surface area contributed by atoms with Crippen molar-refractivity contribution in [3.05, 3.63) is 69.3 Å². The van der Waals surface area contributed by atoms with Gasteiger partial charge in [-0.2, -0.15) is 13.2 Å². The summed E-state index contributed by atoms with van der Waals surface area (Å²) in [6, 6.07) is 9.18. The van der Waals surface area contributed by atoms with Gasteiger partial charge in [0.05, 0.1) is 10.6 Å². The minimum absolute atomic E-state index is 0.0462. The van der Waals surface area contributed by atoms with Crippen LogP contribution < -0.4 is 0 Å². The highest BCUT2D eigenvalue weighted by atomic mass is 35.5. The number of hydrogen-bond donors (Lipinski definition) is 1. The first kappa shape index (κ1) is 23.9. The van der Waals surface area contributed by atoms with Crippen LogP contribution in [0.4, 0.5) is 13.2 Å². The van der Waals surface area contributed by atoms with Crippen molar-refractivity contribution < 1.29 is 18.0 Å². The van der Waals surface area contributed by atoms with Crippen LogP contribution >= 0.6 is 23.2 Å². The van der Waals surface area contributed by atoms with Crippen molar-refractivity contribution in [2.75, 3.05) is 32.7 Å². The first-order valence-corrected chi connectivity index (χ1v) is 11.6. The van der Waals surface area contributed by atoms with E-state index in [4.69, 9.17) is 23.2 Å². The van der Waals surface area contributed by atoms with Crippen LogP contribution in [-0.4, -0.2) is 53.4 Å². The highest BCUT2D eigenvalue weighted by Crippen LogP contribution is 2.40. The number of aromatic amines is 1. The molecule has 1 fully saturated rings. The average Bonchev–Trinajstić information content (AvgIpc) is 3.20. The first-order chi connectivity index (χ1) is 15.7. The maximum absolute atomic E-state index is 13.6. The van der Waals surface area contributed by atoms with Crippen LogP contribution in [0.3, 0.4) is 0 Å². The van der Waals surface area contributed by atoms with E-state index in [1.54, 1.807) is 29.3 Å². The Bertz CT molecular complexity index is 1150. The van der Waals surface area contributed by atoms with E-state index in [1.165, 1.54) is 6.07 Å². The molecule has 33 heavy (non-hydrogen) atoms. The lowest BCUT2D eigenvalue weighted by Crippen LogP contribution is -2.48. The van der Waals surface area contributed by atoms with Crippen LogP contribution in [0, 0.1) is 0 Å². The summed E-state index contributed by atoms with van der Waals surface area (Å²) >= 11 is 12.1. The smallest absolute Gasteiger partial charge is 0.361 e. The summed E-state index contributed by atoms with van der Waals surface area (Å²) in [7, 11) is 0. The van der Waals surface area contributed by atoms with E-state index in [9.17, 15) is 18.0 Å². The molecule has 2 aromatic carbocycles. The van der Waals surface area contributed by atoms with Crippen molar-refractivity contribution in [3.8, 4) is 0 Å². The van der Waals surface area contributed by atoms with E-state index >= 15 is 0 Å². The van der Waals surface area contributed by atoms with Gasteiger partial charge in [0.25, 0.3) is 0 Å². The van der Waals surface area contributed by atoms with Crippen LogP contribution in [-0.2, 0) is 11.0 Å². The number of nitrogens with zero attached hydrogens (tertiary/aromatic N) is 2. The van der Waals surface area contributed by atoms with Gasteiger partial charge in [0.1, 0.15) is 0 Å². The zero-order chi connectivity index (χ0) is 23.8. The fraction of sp³-hybridized carbons (Fsp3) is 0.375. The molecule has 0 radical (unpaired) electrons. The highest BCUT2D eigenvalue weighted by Gasteiger charge is 2.35. The van der Waals surface area contributed by atoms with Crippen molar-refractivity contribution in [3.63, 3.8) is 0 Å². The lowest BCUT2D eigenvalue weighted by molar-refractivity contribution is -0.137. The second-order valence-corrected chi connectivity index (χ2v) is 9.09. The predicted molar refractivity (Wildman–Crippen MR) is 125 cm³/mol. The summed E-state index contributed by atoms with van der Waals surface area (Å²) in [5, 5.41) is 0.921. The molecule has 3 aromatic rings. The Kier molecular flexibility index (Phi) is 6.93. The minimum Gasteiger partial charge on any atom is -0.361 e. The summed E-state index contributed by atoms with van der Waals surface area (Å²) < 4.78 is 40.7. The minimum atomic E-state index is -4.60. The molecule has 0 unspecified atom stereocenters. The van der Waals surface area contributed by atoms with Crippen LogP contribution in [0.5, 0.6) is 0 Å². The number of halogens is 5. The van der Waals surface area contributed by atoms with Gasteiger partial charge >= 0.3 is 6.18 Å². The van der Waals surface area contributed by atoms with Crippen LogP contribution in [0.15, 0.2) is 42.6 Å². The zero-order valence-corrected chi connectivity index (χ0v) is 19.6. The number of nitrogens with one attached hydrogen (secondary N) is 1. The number of carbonyl (C=O) groups is 1. The largest absolute Gasteiger partial charge is 0.417 e. The molecular formula is C24H24Cl2F3N3O. The van der Waals surface area contributed by atoms with E-state index < -0.39 is 17.7 Å². The number of alkyl halides is 3. The third-order valence-electron chi connectivity index (χ3n) is 6.30. The van der Waals surface area contributed by atoms with E-state index in [-0.39, 0.29) is 17.4 Å². The number of benzene rings is 2. The molecule has 0 spiro atoms. The SMILES string of the molecule is CCN1CCN(C(=O)C[C@@H](c2ccc(Cl)c(C(F)(F)F)c2)c2c[nH]c3ccc(Cl)cc23)CC1. The number of fused-ring (bicyclic) bond motifs is 1. The second kappa shape index (κ2) is 9.57. The monoisotopic (exact) mass is 497 g/mol. The number of amides is 1. The number of hydrogen-bond acceptors (Lipinski definition) is 2. The normalized spacial score (nSPS) is 16.4. The lowest BCUT2D eigenvalue weighted by Gasteiger charge is -2.35. The number of aromatic nitrogens is 1. The second-order valence-electron chi connectivity index (χ2n) is 8.24. The molecule has 2 heterocycles. The van der Waals surface area contributed by atoms with Gasteiger partial charge in [0.2, 0.25) is 5.91 Å². The molecule has 1 N–H and O–H groups in total. The van der Waals surface area contributed by atoms with Gasteiger partial charge in [0.15, 0.2) is 0 Å². The van der Waals surface area contributed by atoms with Gasteiger partial charge in [-0.25, -0.2) is 0 Å². The summed E-state index contributed by atoms with van der Waals surface area (Å²) in [5.41, 5.74) is 0.999. The number of piperazine rings is 1. The van der Waals surface area contributed by atoms with E-state index in [0.717, 1.165) is 42.2 Å². The van der Waals surface area contributed by atoms with Crippen LogP contribution in [0.2, 0.25) is 10.0 Å². The molecule has 1 aromatic heterocycles. The molecule has 1 amide bonds. The Hall–Kier alpha value is -2.22. The summed E-state index contributed by atoms with van der Waals surface area (Å²) in [4.78, 5) is 20.5. The third-order valence-corrected chi connectivity index (χ3v) is 6.87. The zero-order valence-electron chi connectivity index (χ0n) is 18.1. The molecule has 0 aliphatic carbocycles. The summed E-state index contributed by atoms with van der Waals surface area (Å²) in [6.45, 7) is 5.78. The molecular weight excluding hydrogens is 474 g/mol. The molecule has 1 aliphatic rings. The number of H-pyrrole nitrogens is 1. The van der Waals surface area contributed by atoms with Gasteiger partial charge in [-0.3, -0.25) is 4.79 Å². The quantitative estimate of drug-likeness (QED) is 0.457. The van der Waals surface area contributed by atoms with Crippen LogP contribution in [0.1, 0.15) is 36.0 Å².